The Balaban J connectivity index is 2.19. The van der Waals surface area contributed by atoms with Crippen LogP contribution in [0.25, 0.3) is 0 Å². The van der Waals surface area contributed by atoms with Crippen molar-refractivity contribution in [3.05, 3.63) is 33.2 Å². The van der Waals surface area contributed by atoms with Gasteiger partial charge in [-0.3, -0.25) is 0 Å². The molecule has 2 rings (SSSR count). The second kappa shape index (κ2) is 5.03. The summed E-state index contributed by atoms with van der Waals surface area (Å²) in [5.41, 5.74) is 0.882. The third-order valence-corrected chi connectivity index (χ3v) is 3.64. The van der Waals surface area contributed by atoms with Gasteiger partial charge in [0.1, 0.15) is 10.4 Å². The molecule has 0 aliphatic carbocycles. The van der Waals surface area contributed by atoms with Crippen molar-refractivity contribution in [3.63, 3.8) is 0 Å². The Morgan fingerprint density at radius 2 is 2.31 bits per heavy atom. The highest BCUT2D eigenvalue weighted by molar-refractivity contribution is 9.10. The molecule has 1 aromatic heterocycles. The first-order valence-corrected chi connectivity index (χ1v) is 6.45. The molecule has 84 valence electrons. The maximum absolute atomic E-state index is 6.01. The predicted octanol–water partition coefficient (Wildman–Crippen LogP) is 4.31. The lowest BCUT2D eigenvalue weighted by Crippen LogP contribution is -1.90. The second-order valence-electron chi connectivity index (χ2n) is 2.95. The smallest absolute Gasteiger partial charge is 0.188 e. The van der Waals surface area contributed by atoms with E-state index in [4.69, 9.17) is 16.3 Å². The van der Waals surface area contributed by atoms with Gasteiger partial charge in [-0.15, -0.1) is 11.3 Å². The molecule has 2 aromatic rings. The quantitative estimate of drug-likeness (QED) is 0.915. The third-order valence-electron chi connectivity index (χ3n) is 1.88. The molecule has 0 unspecified atom stereocenters. The zero-order valence-electron chi connectivity index (χ0n) is 8.33. The molecule has 1 aromatic carbocycles. The molecule has 0 saturated heterocycles. The van der Waals surface area contributed by atoms with Gasteiger partial charge in [-0.2, -0.15) is 0 Å². The Labute approximate surface area is 111 Å². The van der Waals surface area contributed by atoms with Gasteiger partial charge >= 0.3 is 0 Å². The van der Waals surface area contributed by atoms with Crippen molar-refractivity contribution < 1.29 is 4.74 Å². The molecule has 0 aliphatic heterocycles. The summed E-state index contributed by atoms with van der Waals surface area (Å²) in [6.07, 6.45) is 0. The number of nitrogens with one attached hydrogen (secondary N) is 1. The van der Waals surface area contributed by atoms with Gasteiger partial charge in [0.15, 0.2) is 5.13 Å². The Morgan fingerprint density at radius 1 is 1.50 bits per heavy atom. The minimum absolute atomic E-state index is 0.572. The van der Waals surface area contributed by atoms with Crippen LogP contribution in [0.5, 0.6) is 5.75 Å². The highest BCUT2D eigenvalue weighted by atomic mass is 79.9. The van der Waals surface area contributed by atoms with Crippen molar-refractivity contribution in [3.8, 4) is 5.75 Å². The van der Waals surface area contributed by atoms with Crippen LogP contribution in [0.1, 0.15) is 0 Å². The van der Waals surface area contributed by atoms with E-state index in [1.807, 2.05) is 17.5 Å². The molecule has 3 nitrogen and oxygen atoms in total. The van der Waals surface area contributed by atoms with Crippen LogP contribution >= 0.6 is 38.9 Å². The van der Waals surface area contributed by atoms with Crippen LogP contribution in [0, 0.1) is 0 Å². The molecule has 0 amide bonds. The van der Waals surface area contributed by atoms with Crippen LogP contribution in [0.4, 0.5) is 10.8 Å². The van der Waals surface area contributed by atoms with Gasteiger partial charge in [-0.1, -0.05) is 11.6 Å². The largest absolute Gasteiger partial charge is 0.495 e. The van der Waals surface area contributed by atoms with Crippen LogP contribution in [0.3, 0.4) is 0 Å². The van der Waals surface area contributed by atoms with E-state index in [-0.39, 0.29) is 0 Å². The van der Waals surface area contributed by atoms with Crippen LogP contribution in [-0.2, 0) is 0 Å². The maximum atomic E-state index is 6.01. The molecular formula is C10H8BrClN2OS. The maximum Gasteiger partial charge on any atom is 0.188 e. The Hall–Kier alpha value is -0.780. The lowest BCUT2D eigenvalue weighted by molar-refractivity contribution is 0.415. The average molecular weight is 320 g/mol. The van der Waals surface area contributed by atoms with Crippen LogP contribution in [0.2, 0.25) is 5.02 Å². The van der Waals surface area contributed by atoms with E-state index < -0.39 is 0 Å². The van der Waals surface area contributed by atoms with Gasteiger partial charge in [-0.05, 0) is 34.1 Å². The standard InChI is InChI=1S/C10H8BrClN2OS/c1-15-8-3-2-6(4-7(8)12)13-10-14-9(11)5-16-10/h2-5H,1H3,(H,13,14). The normalized spacial score (nSPS) is 10.2. The van der Waals surface area contributed by atoms with Crippen molar-refractivity contribution in [1.82, 2.24) is 4.98 Å². The summed E-state index contributed by atoms with van der Waals surface area (Å²) in [4.78, 5) is 4.23. The summed E-state index contributed by atoms with van der Waals surface area (Å²) in [7, 11) is 1.59. The second-order valence-corrected chi connectivity index (χ2v) is 5.03. The average Bonchev–Trinajstić information content (AvgIpc) is 2.64. The Kier molecular flexibility index (Phi) is 3.68. The van der Waals surface area contributed by atoms with E-state index >= 15 is 0 Å². The zero-order valence-corrected chi connectivity index (χ0v) is 11.5. The minimum atomic E-state index is 0.572. The molecular weight excluding hydrogens is 312 g/mol. The lowest BCUT2D eigenvalue weighted by atomic mass is 10.3. The van der Waals surface area contributed by atoms with Crippen LogP contribution in [-0.4, -0.2) is 12.1 Å². The summed E-state index contributed by atoms with van der Waals surface area (Å²) >= 11 is 10.8. The summed E-state index contributed by atoms with van der Waals surface area (Å²) in [6, 6.07) is 5.50. The predicted molar refractivity (Wildman–Crippen MR) is 71.1 cm³/mol. The molecule has 1 N–H and O–H groups in total. The monoisotopic (exact) mass is 318 g/mol. The first-order chi connectivity index (χ1) is 7.69. The molecule has 0 fully saturated rings. The number of nitrogens with zero attached hydrogens (tertiary/aromatic N) is 1. The molecule has 0 radical (unpaired) electrons. The molecule has 0 spiro atoms. The first-order valence-electron chi connectivity index (χ1n) is 4.40. The fourth-order valence-corrected chi connectivity index (χ4v) is 2.60. The Morgan fingerprint density at radius 3 is 2.88 bits per heavy atom. The number of ether oxygens (including phenoxy) is 1. The topological polar surface area (TPSA) is 34.1 Å². The van der Waals surface area contributed by atoms with Gasteiger partial charge in [0.2, 0.25) is 0 Å². The van der Waals surface area contributed by atoms with E-state index in [0.29, 0.717) is 10.8 Å². The molecule has 1 heterocycles. The molecule has 0 saturated carbocycles. The van der Waals surface area contributed by atoms with E-state index in [0.717, 1.165) is 15.4 Å². The third kappa shape index (κ3) is 2.66. The van der Waals surface area contributed by atoms with Crippen molar-refractivity contribution >= 4 is 49.7 Å². The van der Waals surface area contributed by atoms with E-state index in [2.05, 4.69) is 26.2 Å². The van der Waals surface area contributed by atoms with E-state index in [1.54, 1.807) is 13.2 Å². The highest BCUT2D eigenvalue weighted by Gasteiger charge is 2.04. The number of benzene rings is 1. The molecule has 0 bridgehead atoms. The minimum Gasteiger partial charge on any atom is -0.495 e. The van der Waals surface area contributed by atoms with Gasteiger partial charge in [0.05, 0.1) is 12.1 Å². The van der Waals surface area contributed by atoms with Gasteiger partial charge in [0.25, 0.3) is 0 Å². The van der Waals surface area contributed by atoms with Crippen molar-refractivity contribution in [2.45, 2.75) is 0 Å². The number of anilines is 2. The highest BCUT2D eigenvalue weighted by Crippen LogP contribution is 2.30. The fraction of sp³-hybridized carbons (Fsp3) is 0.100. The summed E-state index contributed by atoms with van der Waals surface area (Å²) in [6.45, 7) is 0. The SMILES string of the molecule is COc1ccc(Nc2nc(Br)cs2)cc1Cl. The number of aromatic nitrogens is 1. The lowest BCUT2D eigenvalue weighted by Gasteiger charge is -2.06. The first kappa shape index (κ1) is 11.7. The van der Waals surface area contributed by atoms with Crippen LogP contribution in [0.15, 0.2) is 28.2 Å². The van der Waals surface area contributed by atoms with Crippen molar-refractivity contribution in [1.29, 1.82) is 0 Å². The number of thiazole rings is 1. The molecule has 0 aliphatic rings. The van der Waals surface area contributed by atoms with Gasteiger partial charge < -0.3 is 10.1 Å². The van der Waals surface area contributed by atoms with Crippen molar-refractivity contribution in [2.24, 2.45) is 0 Å². The number of halogens is 2. The number of methoxy groups -OCH3 is 1. The van der Waals surface area contributed by atoms with Gasteiger partial charge in [0, 0.05) is 11.1 Å². The van der Waals surface area contributed by atoms with E-state index in [1.165, 1.54) is 11.3 Å². The van der Waals surface area contributed by atoms with Gasteiger partial charge in [-0.25, -0.2) is 4.98 Å². The Bertz CT molecular complexity index is 503. The zero-order chi connectivity index (χ0) is 11.5. The number of rotatable bonds is 3. The molecule has 16 heavy (non-hydrogen) atoms. The summed E-state index contributed by atoms with van der Waals surface area (Å²) in [5.74, 6) is 0.660. The molecule has 6 heteroatoms. The van der Waals surface area contributed by atoms with E-state index in [9.17, 15) is 0 Å². The molecule has 0 atom stereocenters. The number of hydrogen-bond acceptors (Lipinski definition) is 4. The van der Waals surface area contributed by atoms with Crippen LogP contribution < -0.4 is 10.1 Å². The number of hydrogen-bond donors (Lipinski definition) is 1. The fourth-order valence-electron chi connectivity index (χ4n) is 1.18. The summed E-state index contributed by atoms with van der Waals surface area (Å²) in [5, 5.41) is 6.45. The summed E-state index contributed by atoms with van der Waals surface area (Å²) < 4.78 is 5.89. The van der Waals surface area contributed by atoms with Crippen molar-refractivity contribution in [2.75, 3.05) is 12.4 Å².